The van der Waals surface area contributed by atoms with Gasteiger partial charge in [-0.05, 0) is 46.9 Å². The highest BCUT2D eigenvalue weighted by Crippen LogP contribution is 2.42. The predicted octanol–water partition coefficient (Wildman–Crippen LogP) is 5.25. The topological polar surface area (TPSA) is 26.3 Å². The third kappa shape index (κ3) is 2.69. The van der Waals surface area contributed by atoms with Crippen molar-refractivity contribution in [3.05, 3.63) is 55.9 Å². The summed E-state index contributed by atoms with van der Waals surface area (Å²) in [4.78, 5) is 11.8. The molecule has 0 unspecified atom stereocenters. The number of benzene rings is 2. The van der Waals surface area contributed by atoms with Crippen molar-refractivity contribution in [3.8, 4) is 11.5 Å². The van der Waals surface area contributed by atoms with Crippen LogP contribution in [0.25, 0.3) is 0 Å². The molecule has 3 rings (SSSR count). The van der Waals surface area contributed by atoms with Gasteiger partial charge in [0.15, 0.2) is 0 Å². The maximum absolute atomic E-state index is 13.7. The Labute approximate surface area is 142 Å². The number of Topliss-reactive ketones (excluding diaryl/α,β-unsaturated/α-hetero) is 1. The zero-order valence-electron chi connectivity index (χ0n) is 10.8. The molecule has 0 aliphatic heterocycles. The Morgan fingerprint density at radius 3 is 2.64 bits per heavy atom. The SMILES string of the molecule is O=C1c2c(I)ccc(Oc3cc(F)cc(Cl)c3)c2CC1(F)F. The zero-order valence-corrected chi connectivity index (χ0v) is 13.7. The summed E-state index contributed by atoms with van der Waals surface area (Å²) < 4.78 is 46.5. The summed E-state index contributed by atoms with van der Waals surface area (Å²) >= 11 is 7.56. The Hall–Kier alpha value is -1.28. The van der Waals surface area contributed by atoms with Gasteiger partial charge in [0.25, 0.3) is 0 Å². The van der Waals surface area contributed by atoms with Gasteiger partial charge in [-0.2, -0.15) is 8.78 Å². The van der Waals surface area contributed by atoms with Gasteiger partial charge >= 0.3 is 5.92 Å². The summed E-state index contributed by atoms with van der Waals surface area (Å²) in [5.41, 5.74) is 0.0906. The van der Waals surface area contributed by atoms with E-state index in [4.69, 9.17) is 16.3 Å². The number of ether oxygens (including phenoxy) is 1. The highest BCUT2D eigenvalue weighted by atomic mass is 127. The molecule has 2 aromatic rings. The Kier molecular flexibility index (Phi) is 3.84. The normalized spacial score (nSPS) is 15.8. The number of hydrogen-bond acceptors (Lipinski definition) is 2. The van der Waals surface area contributed by atoms with Crippen LogP contribution in [0.1, 0.15) is 15.9 Å². The lowest BCUT2D eigenvalue weighted by Crippen LogP contribution is -2.24. The van der Waals surface area contributed by atoms with E-state index >= 15 is 0 Å². The van der Waals surface area contributed by atoms with Gasteiger partial charge in [0.05, 0.1) is 0 Å². The van der Waals surface area contributed by atoms with Crippen LogP contribution < -0.4 is 4.74 Å². The Morgan fingerprint density at radius 2 is 1.95 bits per heavy atom. The average molecular weight is 439 g/mol. The van der Waals surface area contributed by atoms with Crippen molar-refractivity contribution in [3.63, 3.8) is 0 Å². The van der Waals surface area contributed by atoms with Crippen LogP contribution in [0.2, 0.25) is 5.02 Å². The number of hydrogen-bond donors (Lipinski definition) is 0. The molecule has 0 aromatic heterocycles. The van der Waals surface area contributed by atoms with Crippen molar-refractivity contribution in [1.29, 1.82) is 0 Å². The lowest BCUT2D eigenvalue weighted by Gasteiger charge is -2.11. The van der Waals surface area contributed by atoms with Crippen LogP contribution in [0.3, 0.4) is 0 Å². The van der Waals surface area contributed by atoms with Crippen LogP contribution in [0, 0.1) is 9.39 Å². The van der Waals surface area contributed by atoms with Crippen molar-refractivity contribution >= 4 is 40.0 Å². The molecule has 1 aliphatic carbocycles. The van der Waals surface area contributed by atoms with E-state index in [0.717, 1.165) is 12.1 Å². The van der Waals surface area contributed by atoms with Gasteiger partial charge in [0.2, 0.25) is 5.78 Å². The van der Waals surface area contributed by atoms with Crippen molar-refractivity contribution in [2.45, 2.75) is 12.3 Å². The number of fused-ring (bicyclic) bond motifs is 1. The first-order valence-electron chi connectivity index (χ1n) is 6.16. The molecule has 0 radical (unpaired) electrons. The fraction of sp³-hybridized carbons (Fsp3) is 0.133. The monoisotopic (exact) mass is 438 g/mol. The maximum Gasteiger partial charge on any atom is 0.313 e. The maximum atomic E-state index is 13.7. The summed E-state index contributed by atoms with van der Waals surface area (Å²) in [6, 6.07) is 6.54. The largest absolute Gasteiger partial charge is 0.457 e. The van der Waals surface area contributed by atoms with E-state index < -0.39 is 23.9 Å². The smallest absolute Gasteiger partial charge is 0.313 e. The minimum atomic E-state index is -3.44. The second-order valence-electron chi connectivity index (χ2n) is 4.82. The number of ketones is 1. The van der Waals surface area contributed by atoms with Crippen LogP contribution in [-0.2, 0) is 6.42 Å². The van der Waals surface area contributed by atoms with Crippen LogP contribution in [0.4, 0.5) is 13.2 Å². The molecule has 0 N–H and O–H groups in total. The molecule has 2 aromatic carbocycles. The van der Waals surface area contributed by atoms with Gasteiger partial charge in [-0.25, -0.2) is 4.39 Å². The van der Waals surface area contributed by atoms with E-state index in [1.54, 1.807) is 0 Å². The van der Waals surface area contributed by atoms with Crippen molar-refractivity contribution < 1.29 is 22.7 Å². The predicted molar refractivity (Wildman–Crippen MR) is 83.6 cm³/mol. The Morgan fingerprint density at radius 1 is 1.23 bits per heavy atom. The molecule has 2 nitrogen and oxygen atoms in total. The molecule has 0 bridgehead atoms. The molecule has 0 saturated heterocycles. The molecule has 0 atom stereocenters. The summed E-state index contributed by atoms with van der Waals surface area (Å²) in [5.74, 6) is -5.08. The van der Waals surface area contributed by atoms with Gasteiger partial charge in [-0.1, -0.05) is 11.6 Å². The molecule has 0 spiro atoms. The van der Waals surface area contributed by atoms with Crippen molar-refractivity contribution in [2.24, 2.45) is 0 Å². The molecule has 0 saturated carbocycles. The van der Waals surface area contributed by atoms with Crippen molar-refractivity contribution in [2.75, 3.05) is 0 Å². The molecular formula is C15H7ClF3IO2. The number of alkyl halides is 2. The highest BCUT2D eigenvalue weighted by molar-refractivity contribution is 14.1. The third-order valence-corrected chi connectivity index (χ3v) is 4.36. The molecule has 7 heteroatoms. The fourth-order valence-corrected chi connectivity index (χ4v) is 3.28. The van der Waals surface area contributed by atoms with Crippen LogP contribution >= 0.6 is 34.2 Å². The van der Waals surface area contributed by atoms with E-state index in [1.807, 2.05) is 22.6 Å². The van der Waals surface area contributed by atoms with E-state index in [-0.39, 0.29) is 27.6 Å². The fourth-order valence-electron chi connectivity index (χ4n) is 2.32. The van der Waals surface area contributed by atoms with Gasteiger partial charge in [0, 0.05) is 32.2 Å². The first kappa shape index (κ1) is 15.6. The summed E-state index contributed by atoms with van der Waals surface area (Å²) in [6.07, 6.45) is -0.726. The van der Waals surface area contributed by atoms with E-state index in [1.165, 1.54) is 18.2 Å². The lowest BCUT2D eigenvalue weighted by molar-refractivity contribution is 0.0166. The van der Waals surface area contributed by atoms with E-state index in [2.05, 4.69) is 0 Å². The molecule has 114 valence electrons. The number of carbonyl (C=O) groups is 1. The van der Waals surface area contributed by atoms with Crippen LogP contribution in [-0.4, -0.2) is 11.7 Å². The first-order chi connectivity index (χ1) is 10.3. The summed E-state index contributed by atoms with van der Waals surface area (Å²) in [6.45, 7) is 0. The summed E-state index contributed by atoms with van der Waals surface area (Å²) in [5, 5.41) is 0.124. The minimum absolute atomic E-state index is 0.0365. The number of halogens is 5. The van der Waals surface area contributed by atoms with Crippen molar-refractivity contribution in [1.82, 2.24) is 0 Å². The quantitative estimate of drug-likeness (QED) is 0.599. The molecule has 0 fully saturated rings. The highest BCUT2D eigenvalue weighted by Gasteiger charge is 2.49. The van der Waals surface area contributed by atoms with Crippen LogP contribution in [0.15, 0.2) is 30.3 Å². The minimum Gasteiger partial charge on any atom is -0.457 e. The van der Waals surface area contributed by atoms with E-state index in [9.17, 15) is 18.0 Å². The summed E-state index contributed by atoms with van der Waals surface area (Å²) in [7, 11) is 0. The first-order valence-corrected chi connectivity index (χ1v) is 7.61. The van der Waals surface area contributed by atoms with Gasteiger partial charge in [-0.15, -0.1) is 0 Å². The van der Waals surface area contributed by atoms with Gasteiger partial charge in [-0.3, -0.25) is 4.79 Å². The molecular weight excluding hydrogens is 432 g/mol. The number of carbonyl (C=O) groups excluding carboxylic acids is 1. The Balaban J connectivity index is 2.06. The molecule has 22 heavy (non-hydrogen) atoms. The van der Waals surface area contributed by atoms with E-state index in [0.29, 0.717) is 3.57 Å². The zero-order chi connectivity index (χ0) is 16.1. The second-order valence-corrected chi connectivity index (χ2v) is 6.42. The van der Waals surface area contributed by atoms with Gasteiger partial charge in [0.1, 0.15) is 17.3 Å². The molecule has 0 heterocycles. The number of rotatable bonds is 2. The second kappa shape index (κ2) is 5.42. The van der Waals surface area contributed by atoms with Crippen LogP contribution in [0.5, 0.6) is 11.5 Å². The Bertz CT molecular complexity index is 772. The molecule has 0 amide bonds. The third-order valence-electron chi connectivity index (χ3n) is 3.24. The lowest BCUT2D eigenvalue weighted by atomic mass is 10.1. The standard InChI is InChI=1S/C15H7ClF3IO2/c16-7-3-8(17)5-9(4-7)22-12-2-1-11(20)13-10(12)6-15(18,19)14(13)21/h1-5H,6H2. The average Bonchev–Trinajstić information content (AvgIpc) is 2.64. The molecule has 1 aliphatic rings. The van der Waals surface area contributed by atoms with Gasteiger partial charge < -0.3 is 4.74 Å².